The minimum atomic E-state index is -4.03. The molecular formula is C14H11N5O4S2. The Kier molecular flexibility index (Phi) is 4.44. The quantitative estimate of drug-likeness (QED) is 0.514. The molecule has 3 N–H and O–H groups in total. The van der Waals surface area contributed by atoms with Crippen LogP contribution in [0.5, 0.6) is 0 Å². The van der Waals surface area contributed by atoms with E-state index in [9.17, 15) is 18.5 Å². The molecule has 0 aliphatic heterocycles. The predicted molar refractivity (Wildman–Crippen MR) is 93.1 cm³/mol. The molecule has 25 heavy (non-hydrogen) atoms. The number of aromatic nitrogens is 2. The Hall–Kier alpha value is -2.89. The van der Waals surface area contributed by atoms with E-state index in [0.717, 1.165) is 6.07 Å². The number of hydrogen-bond donors (Lipinski definition) is 2. The lowest BCUT2D eigenvalue weighted by Crippen LogP contribution is -2.12. The number of benzene rings is 1. The average molecular weight is 377 g/mol. The van der Waals surface area contributed by atoms with Crippen LogP contribution in [0, 0.1) is 10.1 Å². The number of nitrogens with zero attached hydrogens (tertiary/aromatic N) is 3. The smallest absolute Gasteiger partial charge is 0.294 e. The van der Waals surface area contributed by atoms with Crippen LogP contribution in [0.3, 0.4) is 0 Å². The highest BCUT2D eigenvalue weighted by Crippen LogP contribution is 2.32. The van der Waals surface area contributed by atoms with Crippen molar-refractivity contribution < 1.29 is 13.3 Å². The molecule has 0 amide bonds. The molecule has 0 saturated carbocycles. The van der Waals surface area contributed by atoms with Crippen LogP contribution < -0.4 is 10.5 Å². The van der Waals surface area contributed by atoms with Gasteiger partial charge >= 0.3 is 0 Å². The van der Waals surface area contributed by atoms with Crippen molar-refractivity contribution in [1.82, 2.24) is 9.97 Å². The molecule has 0 unspecified atom stereocenters. The van der Waals surface area contributed by atoms with Gasteiger partial charge < -0.3 is 5.32 Å². The predicted octanol–water partition coefficient (Wildman–Crippen LogP) is 2.50. The molecule has 3 aromatic rings. The number of sulfonamides is 1. The van der Waals surface area contributed by atoms with Crippen molar-refractivity contribution in [2.45, 2.75) is 4.90 Å². The Labute approximate surface area is 146 Å². The number of hydrogen-bond acceptors (Lipinski definition) is 8. The second kappa shape index (κ2) is 6.55. The summed E-state index contributed by atoms with van der Waals surface area (Å²) in [7, 11) is -4.03. The summed E-state index contributed by atoms with van der Waals surface area (Å²) in [5.41, 5.74) is 0.989. The average Bonchev–Trinajstić information content (AvgIpc) is 3.03. The Morgan fingerprint density at radius 1 is 1.20 bits per heavy atom. The summed E-state index contributed by atoms with van der Waals surface area (Å²) >= 11 is 1.24. The minimum absolute atomic E-state index is 0.110. The third-order valence-corrected chi connectivity index (χ3v) is 4.84. The molecule has 11 heteroatoms. The number of thiazole rings is 1. The van der Waals surface area contributed by atoms with Crippen LogP contribution in [0.4, 0.5) is 16.5 Å². The van der Waals surface area contributed by atoms with Gasteiger partial charge in [0, 0.05) is 17.6 Å². The van der Waals surface area contributed by atoms with Crippen molar-refractivity contribution in [3.8, 4) is 11.4 Å². The SMILES string of the molecule is NS(=O)(=O)c1ccc(Nc2nc(-c3ccccn3)cs2)c([N+](=O)[O-])c1. The molecule has 9 nitrogen and oxygen atoms in total. The summed E-state index contributed by atoms with van der Waals surface area (Å²) in [6.45, 7) is 0. The third-order valence-electron chi connectivity index (χ3n) is 3.17. The van der Waals surface area contributed by atoms with Gasteiger partial charge in [-0.2, -0.15) is 0 Å². The third kappa shape index (κ3) is 3.79. The van der Waals surface area contributed by atoms with E-state index in [1.165, 1.54) is 23.5 Å². The number of primary sulfonamides is 1. The van der Waals surface area contributed by atoms with Crippen molar-refractivity contribution >= 4 is 37.9 Å². The first-order chi connectivity index (χ1) is 11.8. The minimum Gasteiger partial charge on any atom is -0.326 e. The molecule has 0 bridgehead atoms. The maximum Gasteiger partial charge on any atom is 0.294 e. The van der Waals surface area contributed by atoms with E-state index >= 15 is 0 Å². The van der Waals surface area contributed by atoms with Crippen molar-refractivity contribution in [2.75, 3.05) is 5.32 Å². The first-order valence-electron chi connectivity index (χ1n) is 6.80. The number of nitrogens with two attached hydrogens (primary N) is 1. The maximum absolute atomic E-state index is 11.4. The zero-order chi connectivity index (χ0) is 18.0. The summed E-state index contributed by atoms with van der Waals surface area (Å²) in [6, 6.07) is 8.78. The molecule has 1 aromatic carbocycles. The molecule has 0 spiro atoms. The van der Waals surface area contributed by atoms with Crippen LogP contribution in [0.25, 0.3) is 11.4 Å². The zero-order valence-electron chi connectivity index (χ0n) is 12.5. The normalized spacial score (nSPS) is 11.2. The van der Waals surface area contributed by atoms with Gasteiger partial charge in [-0.05, 0) is 24.3 Å². The molecule has 0 aliphatic rings. The number of rotatable bonds is 5. The number of anilines is 2. The van der Waals surface area contributed by atoms with Crippen LogP contribution in [-0.2, 0) is 10.0 Å². The van der Waals surface area contributed by atoms with Gasteiger partial charge in [0.25, 0.3) is 5.69 Å². The molecule has 0 aliphatic carbocycles. The zero-order valence-corrected chi connectivity index (χ0v) is 14.1. The van der Waals surface area contributed by atoms with Gasteiger partial charge in [-0.15, -0.1) is 11.3 Å². The highest BCUT2D eigenvalue weighted by molar-refractivity contribution is 7.89. The second-order valence-corrected chi connectivity index (χ2v) is 7.28. The highest BCUT2D eigenvalue weighted by Gasteiger charge is 2.20. The monoisotopic (exact) mass is 377 g/mol. The number of pyridine rings is 1. The number of nitrogens with one attached hydrogen (secondary N) is 1. The standard InChI is InChI=1S/C14H11N5O4S2/c15-25(22,23)9-4-5-11(13(7-9)19(20)21)17-14-18-12(8-24-14)10-3-1-2-6-16-10/h1-8H,(H,17,18)(H2,15,22,23). The van der Waals surface area contributed by atoms with Gasteiger partial charge in [0.1, 0.15) is 11.4 Å². The molecular weight excluding hydrogens is 366 g/mol. The van der Waals surface area contributed by atoms with Gasteiger partial charge in [0.2, 0.25) is 10.0 Å². The lowest BCUT2D eigenvalue weighted by Gasteiger charge is -2.05. The number of nitro groups is 1. The summed E-state index contributed by atoms with van der Waals surface area (Å²) < 4.78 is 22.7. The Morgan fingerprint density at radius 2 is 2.00 bits per heavy atom. The van der Waals surface area contributed by atoms with E-state index in [-0.39, 0.29) is 10.6 Å². The number of nitro benzene ring substituents is 1. The van der Waals surface area contributed by atoms with Crippen molar-refractivity contribution in [3.63, 3.8) is 0 Å². The lowest BCUT2D eigenvalue weighted by molar-refractivity contribution is -0.384. The summed E-state index contributed by atoms with van der Waals surface area (Å²) in [5, 5.41) is 21.2. The lowest BCUT2D eigenvalue weighted by atomic mass is 10.2. The Balaban J connectivity index is 1.93. The van der Waals surface area contributed by atoms with E-state index < -0.39 is 20.6 Å². The van der Waals surface area contributed by atoms with Crippen LogP contribution in [0.15, 0.2) is 52.9 Å². The molecule has 0 radical (unpaired) electrons. The van der Waals surface area contributed by atoms with Gasteiger partial charge in [-0.1, -0.05) is 6.07 Å². The fourth-order valence-corrected chi connectivity index (χ4v) is 3.27. The maximum atomic E-state index is 11.4. The first-order valence-corrected chi connectivity index (χ1v) is 9.22. The van der Waals surface area contributed by atoms with Crippen LogP contribution in [-0.4, -0.2) is 23.3 Å². The van der Waals surface area contributed by atoms with E-state index in [1.807, 2.05) is 6.07 Å². The molecule has 128 valence electrons. The van der Waals surface area contributed by atoms with Gasteiger partial charge in [0.05, 0.1) is 15.5 Å². The van der Waals surface area contributed by atoms with Gasteiger partial charge in [-0.3, -0.25) is 15.1 Å². The fraction of sp³-hybridized carbons (Fsp3) is 0. The van der Waals surface area contributed by atoms with Crippen LogP contribution >= 0.6 is 11.3 Å². The summed E-state index contributed by atoms with van der Waals surface area (Å²) in [5.74, 6) is 0. The Morgan fingerprint density at radius 3 is 2.64 bits per heavy atom. The molecule has 0 atom stereocenters. The highest BCUT2D eigenvalue weighted by atomic mass is 32.2. The fourth-order valence-electron chi connectivity index (χ4n) is 2.02. The van der Waals surface area contributed by atoms with Crippen LogP contribution in [0.2, 0.25) is 0 Å². The Bertz CT molecular complexity index is 1030. The summed E-state index contributed by atoms with van der Waals surface area (Å²) in [4.78, 5) is 18.7. The molecule has 0 saturated heterocycles. The van der Waals surface area contributed by atoms with Crippen LogP contribution in [0.1, 0.15) is 0 Å². The van der Waals surface area contributed by atoms with E-state index in [0.29, 0.717) is 16.5 Å². The molecule has 3 rings (SSSR count). The summed E-state index contributed by atoms with van der Waals surface area (Å²) in [6.07, 6.45) is 1.64. The van der Waals surface area contributed by atoms with E-state index in [1.54, 1.807) is 23.7 Å². The molecule has 0 fully saturated rings. The first kappa shape index (κ1) is 17.0. The van der Waals surface area contributed by atoms with E-state index in [4.69, 9.17) is 5.14 Å². The van der Waals surface area contributed by atoms with Crippen molar-refractivity contribution in [3.05, 3.63) is 58.1 Å². The molecule has 2 aromatic heterocycles. The van der Waals surface area contributed by atoms with Crippen molar-refractivity contribution in [2.24, 2.45) is 5.14 Å². The van der Waals surface area contributed by atoms with E-state index in [2.05, 4.69) is 15.3 Å². The van der Waals surface area contributed by atoms with Crippen molar-refractivity contribution in [1.29, 1.82) is 0 Å². The second-order valence-electron chi connectivity index (χ2n) is 4.86. The van der Waals surface area contributed by atoms with Gasteiger partial charge in [0.15, 0.2) is 5.13 Å². The topological polar surface area (TPSA) is 141 Å². The largest absolute Gasteiger partial charge is 0.326 e. The van der Waals surface area contributed by atoms with Gasteiger partial charge in [-0.25, -0.2) is 18.5 Å². The molecule has 2 heterocycles.